The van der Waals surface area contributed by atoms with Gasteiger partial charge < -0.3 is 9.88 Å². The molecule has 2 N–H and O–H groups in total. The molecule has 0 aliphatic heterocycles. The van der Waals surface area contributed by atoms with E-state index in [1.807, 2.05) is 35.9 Å². The molecule has 1 saturated carbocycles. The summed E-state index contributed by atoms with van der Waals surface area (Å²) in [5.74, 6) is -0.197. The van der Waals surface area contributed by atoms with Gasteiger partial charge in [-0.05, 0) is 52.5 Å². The van der Waals surface area contributed by atoms with E-state index in [-0.39, 0.29) is 16.8 Å². The molecular formula is C20H20BrN3O3S. The molecule has 1 aliphatic rings. The van der Waals surface area contributed by atoms with E-state index >= 15 is 0 Å². The van der Waals surface area contributed by atoms with E-state index in [0.717, 1.165) is 33.8 Å². The van der Waals surface area contributed by atoms with Crippen LogP contribution in [0.25, 0.3) is 10.9 Å². The summed E-state index contributed by atoms with van der Waals surface area (Å²) in [4.78, 5) is 13.0. The number of rotatable bonds is 6. The third kappa shape index (κ3) is 3.72. The smallest absolute Gasteiger partial charge is 0.269 e. The predicted octanol–water partition coefficient (Wildman–Crippen LogP) is 3.31. The van der Waals surface area contributed by atoms with Gasteiger partial charge in [0.15, 0.2) is 0 Å². The summed E-state index contributed by atoms with van der Waals surface area (Å²) in [6, 6.07) is 14.4. The average Bonchev–Trinajstić information content (AvgIpc) is 3.45. The Balaban J connectivity index is 1.47. The van der Waals surface area contributed by atoms with E-state index in [4.69, 9.17) is 0 Å². The standard InChI is InChI=1S/C20H20BrN3O3S/c1-24-17-5-3-2-4-16(17)18(21)19(24)20(25)22-12-13-6-10-15(11-7-13)28(26,27)23-14-8-9-14/h2-7,10-11,14,23H,8-9,12H2,1H3,(H,22,25). The quantitative estimate of drug-likeness (QED) is 0.590. The molecule has 1 amide bonds. The molecule has 0 atom stereocenters. The van der Waals surface area contributed by atoms with Gasteiger partial charge in [0.25, 0.3) is 5.91 Å². The number of halogens is 1. The fourth-order valence-electron chi connectivity index (χ4n) is 3.14. The van der Waals surface area contributed by atoms with E-state index < -0.39 is 10.0 Å². The lowest BCUT2D eigenvalue weighted by atomic mass is 10.2. The fraction of sp³-hybridized carbons (Fsp3) is 0.250. The second-order valence-corrected chi connectivity index (χ2v) is 9.47. The van der Waals surface area contributed by atoms with E-state index in [2.05, 4.69) is 26.0 Å². The lowest BCUT2D eigenvalue weighted by molar-refractivity contribution is 0.0942. The van der Waals surface area contributed by atoms with Gasteiger partial charge in [-0.2, -0.15) is 0 Å². The van der Waals surface area contributed by atoms with Gasteiger partial charge in [0.2, 0.25) is 10.0 Å². The summed E-state index contributed by atoms with van der Waals surface area (Å²) < 4.78 is 29.7. The number of fused-ring (bicyclic) bond motifs is 1. The largest absolute Gasteiger partial charge is 0.347 e. The topological polar surface area (TPSA) is 80.2 Å². The summed E-state index contributed by atoms with van der Waals surface area (Å²) >= 11 is 3.53. The van der Waals surface area contributed by atoms with Gasteiger partial charge in [-0.15, -0.1) is 0 Å². The minimum Gasteiger partial charge on any atom is -0.347 e. The van der Waals surface area contributed by atoms with Gasteiger partial charge in [0.05, 0.1) is 9.37 Å². The molecule has 0 saturated heterocycles. The molecule has 146 valence electrons. The first-order valence-corrected chi connectivity index (χ1v) is 11.3. The third-order valence-electron chi connectivity index (χ3n) is 4.85. The summed E-state index contributed by atoms with van der Waals surface area (Å²) in [5.41, 5.74) is 2.35. The third-order valence-corrected chi connectivity index (χ3v) is 7.19. The lowest BCUT2D eigenvalue weighted by Crippen LogP contribution is -2.26. The van der Waals surface area contributed by atoms with Crippen molar-refractivity contribution in [2.75, 3.05) is 0 Å². The molecule has 1 heterocycles. The SMILES string of the molecule is Cn1c(C(=O)NCc2ccc(S(=O)(=O)NC3CC3)cc2)c(Br)c2ccccc21. The molecular weight excluding hydrogens is 442 g/mol. The van der Waals surface area contributed by atoms with Crippen LogP contribution in [0.5, 0.6) is 0 Å². The van der Waals surface area contributed by atoms with Crippen LogP contribution in [-0.2, 0) is 23.6 Å². The second kappa shape index (κ2) is 7.35. The molecule has 1 fully saturated rings. The number of benzene rings is 2. The summed E-state index contributed by atoms with van der Waals surface area (Å²) in [7, 11) is -1.61. The van der Waals surface area contributed by atoms with Crippen molar-refractivity contribution in [3.8, 4) is 0 Å². The Morgan fingerprint density at radius 2 is 1.82 bits per heavy atom. The van der Waals surface area contributed by atoms with Crippen molar-refractivity contribution in [3.63, 3.8) is 0 Å². The summed E-state index contributed by atoms with van der Waals surface area (Å²) in [6.07, 6.45) is 1.79. The van der Waals surface area contributed by atoms with Crippen molar-refractivity contribution >= 4 is 42.8 Å². The van der Waals surface area contributed by atoms with Crippen LogP contribution < -0.4 is 10.0 Å². The molecule has 0 spiro atoms. The van der Waals surface area contributed by atoms with Gasteiger partial charge in [-0.1, -0.05) is 30.3 Å². The zero-order chi connectivity index (χ0) is 19.9. The monoisotopic (exact) mass is 461 g/mol. The number of hydrogen-bond donors (Lipinski definition) is 2. The minimum absolute atomic E-state index is 0.0724. The molecule has 0 radical (unpaired) electrons. The second-order valence-electron chi connectivity index (χ2n) is 6.96. The molecule has 4 rings (SSSR count). The highest BCUT2D eigenvalue weighted by Gasteiger charge is 2.27. The molecule has 6 nitrogen and oxygen atoms in total. The molecule has 28 heavy (non-hydrogen) atoms. The number of sulfonamides is 1. The highest BCUT2D eigenvalue weighted by atomic mass is 79.9. The predicted molar refractivity (Wildman–Crippen MR) is 112 cm³/mol. The number of nitrogens with one attached hydrogen (secondary N) is 2. The van der Waals surface area contributed by atoms with Crippen molar-refractivity contribution in [3.05, 3.63) is 64.3 Å². The van der Waals surface area contributed by atoms with Crippen LogP contribution in [0.1, 0.15) is 28.9 Å². The number of hydrogen-bond acceptors (Lipinski definition) is 3. The van der Waals surface area contributed by atoms with Gasteiger partial charge in [0.1, 0.15) is 5.69 Å². The maximum atomic E-state index is 12.7. The van der Waals surface area contributed by atoms with Crippen molar-refractivity contribution < 1.29 is 13.2 Å². The first kappa shape index (κ1) is 19.2. The van der Waals surface area contributed by atoms with Crippen molar-refractivity contribution in [1.82, 2.24) is 14.6 Å². The Labute approximate surface area is 172 Å². The minimum atomic E-state index is -3.46. The number of amides is 1. The van der Waals surface area contributed by atoms with Crippen LogP contribution in [0, 0.1) is 0 Å². The van der Waals surface area contributed by atoms with Crippen molar-refractivity contribution in [2.45, 2.75) is 30.3 Å². The number of aryl methyl sites for hydroxylation is 1. The average molecular weight is 462 g/mol. The van der Waals surface area contributed by atoms with Crippen molar-refractivity contribution in [1.29, 1.82) is 0 Å². The van der Waals surface area contributed by atoms with Gasteiger partial charge in [-0.25, -0.2) is 13.1 Å². The molecule has 2 aromatic carbocycles. The number of aromatic nitrogens is 1. The Morgan fingerprint density at radius 3 is 2.46 bits per heavy atom. The van der Waals surface area contributed by atoms with E-state index in [9.17, 15) is 13.2 Å². The molecule has 1 aliphatic carbocycles. The zero-order valence-electron chi connectivity index (χ0n) is 15.3. The van der Waals surface area contributed by atoms with Crippen LogP contribution >= 0.6 is 15.9 Å². The number of nitrogens with zero attached hydrogens (tertiary/aromatic N) is 1. The first-order valence-electron chi connectivity index (χ1n) is 8.99. The maximum absolute atomic E-state index is 12.7. The van der Waals surface area contributed by atoms with E-state index in [1.54, 1.807) is 24.3 Å². The van der Waals surface area contributed by atoms with Crippen LogP contribution in [0.2, 0.25) is 0 Å². The van der Waals surface area contributed by atoms with Crippen LogP contribution in [0.4, 0.5) is 0 Å². The fourth-order valence-corrected chi connectivity index (χ4v) is 5.23. The van der Waals surface area contributed by atoms with E-state index in [1.165, 1.54) is 0 Å². The van der Waals surface area contributed by atoms with Crippen LogP contribution in [0.15, 0.2) is 57.9 Å². The highest BCUT2D eigenvalue weighted by Crippen LogP contribution is 2.30. The Morgan fingerprint density at radius 1 is 1.14 bits per heavy atom. The Bertz CT molecular complexity index is 1110. The van der Waals surface area contributed by atoms with Crippen LogP contribution in [0.3, 0.4) is 0 Å². The van der Waals surface area contributed by atoms with Gasteiger partial charge in [-0.3, -0.25) is 4.79 Å². The normalized spacial score (nSPS) is 14.4. The highest BCUT2D eigenvalue weighted by molar-refractivity contribution is 9.10. The van der Waals surface area contributed by atoms with Gasteiger partial charge >= 0.3 is 0 Å². The molecule has 0 unspecified atom stereocenters. The van der Waals surface area contributed by atoms with Crippen molar-refractivity contribution in [2.24, 2.45) is 7.05 Å². The summed E-state index contributed by atoms with van der Waals surface area (Å²) in [5, 5.41) is 3.88. The summed E-state index contributed by atoms with van der Waals surface area (Å²) in [6.45, 7) is 0.309. The maximum Gasteiger partial charge on any atom is 0.269 e. The van der Waals surface area contributed by atoms with Gasteiger partial charge in [0, 0.05) is 30.5 Å². The Kier molecular flexibility index (Phi) is 5.03. The van der Waals surface area contributed by atoms with Crippen LogP contribution in [-0.4, -0.2) is 24.9 Å². The molecule has 0 bridgehead atoms. The Hall–Kier alpha value is -2.16. The number of para-hydroxylation sites is 1. The molecule has 1 aromatic heterocycles. The zero-order valence-corrected chi connectivity index (χ0v) is 17.7. The number of carbonyl (C=O) groups excluding carboxylic acids is 1. The van der Waals surface area contributed by atoms with E-state index in [0.29, 0.717) is 12.2 Å². The molecule has 8 heteroatoms. The first-order chi connectivity index (χ1) is 13.4. The number of carbonyl (C=O) groups is 1. The lowest BCUT2D eigenvalue weighted by Gasteiger charge is -2.09. The molecule has 3 aromatic rings.